The Hall–Kier alpha value is -3.09. The fourth-order valence-electron chi connectivity index (χ4n) is 2.77. The molecule has 0 heterocycles. The van der Waals surface area contributed by atoms with Gasteiger partial charge in [-0.15, -0.1) is 0 Å². The van der Waals surface area contributed by atoms with E-state index in [1.807, 2.05) is 31.2 Å². The van der Waals surface area contributed by atoms with Gasteiger partial charge in [-0.25, -0.2) is 9.18 Å². The molecule has 2 N–H and O–H groups in total. The molecule has 2 atom stereocenters. The lowest BCUT2D eigenvalue weighted by molar-refractivity contribution is -0.145. The zero-order chi connectivity index (χ0) is 20.5. The summed E-state index contributed by atoms with van der Waals surface area (Å²) in [6.45, 7) is 1.75. The number of para-hydroxylation sites is 1. The summed E-state index contributed by atoms with van der Waals surface area (Å²) in [7, 11) is 1.60. The highest BCUT2D eigenvalue weighted by Crippen LogP contribution is 2.22. The van der Waals surface area contributed by atoms with Gasteiger partial charge in [0.05, 0.1) is 13.7 Å². The van der Waals surface area contributed by atoms with Crippen LogP contribution in [0, 0.1) is 11.7 Å². The number of carboxylic acid groups (broad SMARTS) is 1. The predicted molar refractivity (Wildman–Crippen MR) is 102 cm³/mol. The number of methoxy groups -OCH3 is 1. The van der Waals surface area contributed by atoms with E-state index in [0.29, 0.717) is 6.42 Å². The summed E-state index contributed by atoms with van der Waals surface area (Å²) in [5.74, 6) is -0.904. The van der Waals surface area contributed by atoms with Crippen LogP contribution in [-0.4, -0.2) is 36.7 Å². The van der Waals surface area contributed by atoms with Gasteiger partial charge in [-0.1, -0.05) is 25.1 Å². The molecule has 0 saturated heterocycles. The average Bonchev–Trinajstić information content (AvgIpc) is 2.66. The molecule has 0 aliphatic heterocycles. The van der Waals surface area contributed by atoms with Crippen LogP contribution in [0.3, 0.4) is 0 Å². The summed E-state index contributed by atoms with van der Waals surface area (Å²) in [4.78, 5) is 23.5. The van der Waals surface area contributed by atoms with E-state index < -0.39 is 17.9 Å². The SMILES string of the molecule is COc1ccccc1CC(C)CC(=O)NCC(Oc1ccc(F)cc1)C(=O)O. The molecule has 28 heavy (non-hydrogen) atoms. The van der Waals surface area contributed by atoms with Gasteiger partial charge >= 0.3 is 5.97 Å². The third-order valence-corrected chi connectivity index (χ3v) is 4.15. The number of aliphatic carboxylic acids is 1. The Bertz CT molecular complexity index is 794. The number of benzene rings is 2. The van der Waals surface area contributed by atoms with E-state index in [4.69, 9.17) is 9.47 Å². The van der Waals surface area contributed by atoms with Gasteiger partial charge in [0.2, 0.25) is 12.0 Å². The minimum absolute atomic E-state index is 0.0394. The number of carboxylic acids is 1. The molecule has 1 amide bonds. The molecule has 2 rings (SSSR count). The Morgan fingerprint density at radius 1 is 1.14 bits per heavy atom. The van der Waals surface area contributed by atoms with Crippen molar-refractivity contribution < 1.29 is 28.6 Å². The molecule has 0 bridgehead atoms. The summed E-state index contributed by atoms with van der Waals surface area (Å²) in [6, 6.07) is 12.6. The zero-order valence-corrected chi connectivity index (χ0v) is 15.9. The van der Waals surface area contributed by atoms with Gasteiger partial charge in [-0.2, -0.15) is 0 Å². The molecular weight excluding hydrogens is 365 g/mol. The minimum Gasteiger partial charge on any atom is -0.496 e. The summed E-state index contributed by atoms with van der Waals surface area (Å²) < 4.78 is 23.6. The molecule has 6 nitrogen and oxygen atoms in total. The van der Waals surface area contributed by atoms with E-state index in [2.05, 4.69) is 5.32 Å². The van der Waals surface area contributed by atoms with E-state index in [1.54, 1.807) is 7.11 Å². The van der Waals surface area contributed by atoms with Gasteiger partial charge in [-0.3, -0.25) is 4.79 Å². The van der Waals surface area contributed by atoms with Crippen molar-refractivity contribution in [1.82, 2.24) is 5.32 Å². The van der Waals surface area contributed by atoms with E-state index in [-0.39, 0.29) is 30.5 Å². The summed E-state index contributed by atoms with van der Waals surface area (Å²) in [6.07, 6.45) is -0.369. The largest absolute Gasteiger partial charge is 0.496 e. The van der Waals surface area contributed by atoms with Crippen molar-refractivity contribution in [3.63, 3.8) is 0 Å². The normalized spacial score (nSPS) is 12.7. The lowest BCUT2D eigenvalue weighted by atomic mass is 9.97. The fourth-order valence-corrected chi connectivity index (χ4v) is 2.77. The predicted octanol–water partition coefficient (Wildman–Crippen LogP) is 3.05. The topological polar surface area (TPSA) is 84.9 Å². The number of hydrogen-bond donors (Lipinski definition) is 2. The number of carbonyl (C=O) groups is 2. The second-order valence-corrected chi connectivity index (χ2v) is 6.53. The van der Waals surface area contributed by atoms with Crippen LogP contribution in [0.2, 0.25) is 0 Å². The van der Waals surface area contributed by atoms with Crippen LogP contribution in [0.1, 0.15) is 18.9 Å². The second-order valence-electron chi connectivity index (χ2n) is 6.53. The minimum atomic E-state index is -1.26. The Labute approximate surface area is 163 Å². The van der Waals surface area contributed by atoms with Gasteiger partial charge in [0, 0.05) is 6.42 Å². The van der Waals surface area contributed by atoms with E-state index >= 15 is 0 Å². The molecule has 2 unspecified atom stereocenters. The Kier molecular flexibility index (Phi) is 7.80. The molecule has 0 aliphatic rings. The Morgan fingerprint density at radius 3 is 2.46 bits per heavy atom. The van der Waals surface area contributed by atoms with Crippen molar-refractivity contribution in [2.45, 2.75) is 25.9 Å². The monoisotopic (exact) mass is 389 g/mol. The maximum Gasteiger partial charge on any atom is 0.346 e. The Balaban J connectivity index is 1.85. The van der Waals surface area contributed by atoms with Crippen LogP contribution in [0.5, 0.6) is 11.5 Å². The van der Waals surface area contributed by atoms with Crippen molar-refractivity contribution >= 4 is 11.9 Å². The lowest BCUT2D eigenvalue weighted by Gasteiger charge is -2.17. The van der Waals surface area contributed by atoms with Gasteiger partial charge < -0.3 is 19.9 Å². The smallest absolute Gasteiger partial charge is 0.346 e. The quantitative estimate of drug-likeness (QED) is 0.652. The highest BCUT2D eigenvalue weighted by Gasteiger charge is 2.21. The van der Waals surface area contributed by atoms with Gasteiger partial charge in [-0.05, 0) is 48.2 Å². The number of rotatable bonds is 10. The first-order valence-electron chi connectivity index (χ1n) is 8.92. The number of hydrogen-bond acceptors (Lipinski definition) is 4. The van der Waals surface area contributed by atoms with Crippen LogP contribution in [0.4, 0.5) is 4.39 Å². The molecule has 2 aromatic rings. The maximum absolute atomic E-state index is 12.9. The second kappa shape index (κ2) is 10.3. The maximum atomic E-state index is 12.9. The number of amides is 1. The number of ether oxygens (including phenoxy) is 2. The van der Waals surface area contributed by atoms with Crippen molar-refractivity contribution in [2.24, 2.45) is 5.92 Å². The molecule has 7 heteroatoms. The molecule has 0 aliphatic carbocycles. The van der Waals surface area contributed by atoms with E-state index in [9.17, 15) is 19.1 Å². The van der Waals surface area contributed by atoms with Crippen LogP contribution in [0.25, 0.3) is 0 Å². The fraction of sp³-hybridized carbons (Fsp3) is 0.333. The Morgan fingerprint density at radius 2 is 1.82 bits per heavy atom. The van der Waals surface area contributed by atoms with E-state index in [0.717, 1.165) is 11.3 Å². The van der Waals surface area contributed by atoms with Crippen LogP contribution in [-0.2, 0) is 16.0 Å². The van der Waals surface area contributed by atoms with Crippen molar-refractivity contribution in [1.29, 1.82) is 0 Å². The molecule has 0 aromatic heterocycles. The van der Waals surface area contributed by atoms with Gasteiger partial charge in [0.15, 0.2) is 0 Å². The molecule has 2 aromatic carbocycles. The van der Waals surface area contributed by atoms with Crippen LogP contribution >= 0.6 is 0 Å². The van der Waals surface area contributed by atoms with Crippen molar-refractivity contribution in [2.75, 3.05) is 13.7 Å². The first-order chi connectivity index (χ1) is 13.4. The lowest BCUT2D eigenvalue weighted by Crippen LogP contribution is -2.40. The first-order valence-corrected chi connectivity index (χ1v) is 8.92. The third-order valence-electron chi connectivity index (χ3n) is 4.15. The molecule has 0 radical (unpaired) electrons. The highest BCUT2D eigenvalue weighted by molar-refractivity contribution is 5.78. The number of carbonyl (C=O) groups excluding carboxylic acids is 1. The summed E-state index contributed by atoms with van der Waals surface area (Å²) in [5, 5.41) is 11.9. The number of nitrogens with one attached hydrogen (secondary N) is 1. The molecule has 0 fully saturated rings. The van der Waals surface area contributed by atoms with Gasteiger partial charge in [0.25, 0.3) is 0 Å². The van der Waals surface area contributed by atoms with Crippen molar-refractivity contribution in [3.05, 3.63) is 59.9 Å². The van der Waals surface area contributed by atoms with Gasteiger partial charge in [0.1, 0.15) is 17.3 Å². The zero-order valence-electron chi connectivity index (χ0n) is 15.9. The summed E-state index contributed by atoms with van der Waals surface area (Å²) in [5.41, 5.74) is 1.01. The molecule has 150 valence electrons. The average molecular weight is 389 g/mol. The van der Waals surface area contributed by atoms with Crippen molar-refractivity contribution in [3.8, 4) is 11.5 Å². The van der Waals surface area contributed by atoms with E-state index in [1.165, 1.54) is 24.3 Å². The number of halogens is 1. The molecular formula is C21H24FNO5. The highest BCUT2D eigenvalue weighted by atomic mass is 19.1. The molecule has 0 spiro atoms. The van der Waals surface area contributed by atoms with Crippen LogP contribution in [0.15, 0.2) is 48.5 Å². The third kappa shape index (κ3) is 6.57. The standard InChI is InChI=1S/C21H24FNO5/c1-14(11-15-5-3-4-6-18(15)27-2)12-20(24)23-13-19(21(25)26)28-17-9-7-16(22)8-10-17/h3-10,14,19H,11-13H2,1-2H3,(H,23,24)(H,25,26). The first kappa shape index (κ1) is 21.2. The van der Waals surface area contributed by atoms with Crippen LogP contribution < -0.4 is 14.8 Å². The molecule has 0 saturated carbocycles. The summed E-state index contributed by atoms with van der Waals surface area (Å²) >= 11 is 0.